The molecule has 1 aromatic carbocycles. The van der Waals surface area contributed by atoms with Crippen molar-refractivity contribution in [1.29, 1.82) is 0 Å². The maximum Gasteiger partial charge on any atom is 0.326 e. The van der Waals surface area contributed by atoms with E-state index in [-0.39, 0.29) is 5.56 Å². The molecule has 1 heterocycles. The van der Waals surface area contributed by atoms with Gasteiger partial charge in [-0.1, -0.05) is 18.2 Å². The summed E-state index contributed by atoms with van der Waals surface area (Å²) < 4.78 is 0. The Hall–Kier alpha value is -2.63. The average molecular weight is 273 g/mol. The predicted octanol–water partition coefficient (Wildman–Crippen LogP) is 1.24. The molecule has 1 atom stereocenters. The lowest BCUT2D eigenvalue weighted by Gasteiger charge is -2.26. The number of aliphatic carboxylic acids is 1. The Morgan fingerprint density at radius 1 is 1.35 bits per heavy atom. The zero-order chi connectivity index (χ0) is 14.9. The van der Waals surface area contributed by atoms with Crippen LogP contribution in [0.2, 0.25) is 0 Å². The predicted molar refractivity (Wildman–Crippen MR) is 75.8 cm³/mol. The van der Waals surface area contributed by atoms with Crippen molar-refractivity contribution in [2.75, 3.05) is 11.9 Å². The number of carbonyl (C=O) groups is 2. The molecular formula is C14H15N3O3. The average Bonchev–Trinajstić information content (AvgIpc) is 2.44. The van der Waals surface area contributed by atoms with Crippen molar-refractivity contribution >= 4 is 28.5 Å². The Morgan fingerprint density at radius 2 is 2.00 bits per heavy atom. The second-order valence-corrected chi connectivity index (χ2v) is 4.53. The molecule has 0 spiro atoms. The number of aromatic nitrogens is 1. The van der Waals surface area contributed by atoms with Crippen LogP contribution in [0.25, 0.3) is 10.9 Å². The molecule has 0 aliphatic rings. The molecule has 0 saturated carbocycles. The molecule has 0 bridgehead atoms. The molecule has 2 rings (SSSR count). The number of likely N-dealkylation sites (N-methyl/N-ethyl adjacent to an activating group) is 1. The van der Waals surface area contributed by atoms with Crippen LogP contribution in [-0.2, 0) is 4.79 Å². The van der Waals surface area contributed by atoms with E-state index in [0.717, 1.165) is 0 Å². The van der Waals surface area contributed by atoms with Gasteiger partial charge >= 0.3 is 5.97 Å². The summed E-state index contributed by atoms with van der Waals surface area (Å²) in [5.41, 5.74) is 6.74. The highest BCUT2D eigenvalue weighted by Gasteiger charge is 2.23. The molecule has 1 amide bonds. The molecule has 0 saturated heterocycles. The maximum absolute atomic E-state index is 11.6. The summed E-state index contributed by atoms with van der Waals surface area (Å²) >= 11 is 0. The molecule has 3 N–H and O–H groups in total. The van der Waals surface area contributed by atoms with Gasteiger partial charge in [0.1, 0.15) is 6.04 Å². The first kappa shape index (κ1) is 13.8. The van der Waals surface area contributed by atoms with E-state index in [1.165, 1.54) is 11.1 Å². The van der Waals surface area contributed by atoms with Crippen molar-refractivity contribution in [2.45, 2.75) is 13.0 Å². The second-order valence-electron chi connectivity index (χ2n) is 4.53. The monoisotopic (exact) mass is 273 g/mol. The SMILES string of the molecule is CC(C(=O)O)N(C)c1c(C(N)=O)cnc2ccccc12. The fourth-order valence-corrected chi connectivity index (χ4v) is 2.05. The fraction of sp³-hybridized carbons (Fsp3) is 0.214. The lowest BCUT2D eigenvalue weighted by Crippen LogP contribution is -2.37. The number of pyridine rings is 1. The minimum atomic E-state index is -0.983. The zero-order valence-electron chi connectivity index (χ0n) is 11.2. The molecule has 1 unspecified atom stereocenters. The first-order chi connectivity index (χ1) is 9.43. The van der Waals surface area contributed by atoms with E-state index < -0.39 is 17.9 Å². The number of carbonyl (C=O) groups excluding carboxylic acids is 1. The number of para-hydroxylation sites is 1. The van der Waals surface area contributed by atoms with Crippen LogP contribution in [0.15, 0.2) is 30.5 Å². The van der Waals surface area contributed by atoms with Crippen molar-refractivity contribution in [3.8, 4) is 0 Å². The Bertz CT molecular complexity index is 684. The van der Waals surface area contributed by atoms with E-state index in [1.807, 2.05) is 6.07 Å². The van der Waals surface area contributed by atoms with Gasteiger partial charge in [0.05, 0.1) is 16.8 Å². The topological polar surface area (TPSA) is 96.5 Å². The number of rotatable bonds is 4. The molecule has 0 radical (unpaired) electrons. The molecule has 6 heteroatoms. The molecule has 0 aliphatic carbocycles. The smallest absolute Gasteiger partial charge is 0.326 e. The van der Waals surface area contributed by atoms with Gasteiger partial charge in [-0.05, 0) is 13.0 Å². The summed E-state index contributed by atoms with van der Waals surface area (Å²) in [6.45, 7) is 1.54. The van der Waals surface area contributed by atoms with Crippen LogP contribution in [-0.4, -0.2) is 35.1 Å². The zero-order valence-corrected chi connectivity index (χ0v) is 11.2. The number of carboxylic acid groups (broad SMARTS) is 1. The van der Waals surface area contributed by atoms with Gasteiger partial charge in [0, 0.05) is 18.6 Å². The summed E-state index contributed by atoms with van der Waals surface area (Å²) in [4.78, 5) is 28.4. The van der Waals surface area contributed by atoms with Gasteiger partial charge in [0.15, 0.2) is 0 Å². The van der Waals surface area contributed by atoms with Crippen LogP contribution in [0, 0.1) is 0 Å². The number of anilines is 1. The van der Waals surface area contributed by atoms with Crippen molar-refractivity contribution in [3.05, 3.63) is 36.0 Å². The fourth-order valence-electron chi connectivity index (χ4n) is 2.05. The molecule has 104 valence electrons. The number of hydrogen-bond donors (Lipinski definition) is 2. The van der Waals surface area contributed by atoms with Gasteiger partial charge in [0.25, 0.3) is 5.91 Å². The van der Waals surface area contributed by atoms with Crippen molar-refractivity contribution < 1.29 is 14.7 Å². The normalized spacial score (nSPS) is 12.1. The van der Waals surface area contributed by atoms with E-state index >= 15 is 0 Å². The largest absolute Gasteiger partial charge is 0.480 e. The number of benzene rings is 1. The number of carboxylic acids is 1. The number of fused-ring (bicyclic) bond motifs is 1. The molecule has 6 nitrogen and oxygen atoms in total. The van der Waals surface area contributed by atoms with Crippen LogP contribution < -0.4 is 10.6 Å². The molecular weight excluding hydrogens is 258 g/mol. The second kappa shape index (κ2) is 5.16. The van der Waals surface area contributed by atoms with Crippen molar-refractivity contribution in [3.63, 3.8) is 0 Å². The first-order valence-corrected chi connectivity index (χ1v) is 6.06. The highest BCUT2D eigenvalue weighted by Crippen LogP contribution is 2.29. The summed E-state index contributed by atoms with van der Waals surface area (Å²) in [6.07, 6.45) is 1.38. The van der Waals surface area contributed by atoms with E-state index in [4.69, 9.17) is 10.8 Å². The van der Waals surface area contributed by atoms with Crippen LogP contribution in [0.1, 0.15) is 17.3 Å². The lowest BCUT2D eigenvalue weighted by atomic mass is 10.1. The molecule has 0 fully saturated rings. The van der Waals surface area contributed by atoms with Crippen molar-refractivity contribution in [1.82, 2.24) is 4.98 Å². The first-order valence-electron chi connectivity index (χ1n) is 6.06. The number of nitrogens with zero attached hydrogens (tertiary/aromatic N) is 2. The minimum absolute atomic E-state index is 0.208. The van der Waals surface area contributed by atoms with Gasteiger partial charge in [-0.25, -0.2) is 4.79 Å². The third kappa shape index (κ3) is 2.27. The number of amides is 1. The maximum atomic E-state index is 11.6. The van der Waals surface area contributed by atoms with Gasteiger partial charge in [-0.3, -0.25) is 9.78 Å². The summed E-state index contributed by atoms with van der Waals surface area (Å²) in [5, 5.41) is 9.84. The van der Waals surface area contributed by atoms with Crippen LogP contribution in [0.3, 0.4) is 0 Å². The quantitative estimate of drug-likeness (QED) is 0.873. The third-order valence-electron chi connectivity index (χ3n) is 3.30. The molecule has 20 heavy (non-hydrogen) atoms. The minimum Gasteiger partial charge on any atom is -0.480 e. The standard InChI is InChI=1S/C14H15N3O3/c1-8(14(19)20)17(2)12-9-5-3-4-6-11(9)16-7-10(12)13(15)18/h3-8H,1-2H3,(H2,15,18)(H,19,20). The third-order valence-corrected chi connectivity index (χ3v) is 3.30. The van der Waals surface area contributed by atoms with Crippen LogP contribution in [0.5, 0.6) is 0 Å². The number of nitrogens with two attached hydrogens (primary N) is 1. The van der Waals surface area contributed by atoms with Crippen molar-refractivity contribution in [2.24, 2.45) is 5.73 Å². The van der Waals surface area contributed by atoms with Gasteiger partial charge in [0.2, 0.25) is 0 Å². The van der Waals surface area contributed by atoms with Crippen LogP contribution in [0.4, 0.5) is 5.69 Å². The van der Waals surface area contributed by atoms with Gasteiger partial charge in [-0.15, -0.1) is 0 Å². The Morgan fingerprint density at radius 3 is 2.60 bits per heavy atom. The Labute approximate surface area is 115 Å². The highest BCUT2D eigenvalue weighted by molar-refractivity contribution is 6.07. The van der Waals surface area contributed by atoms with E-state index in [1.54, 1.807) is 32.2 Å². The number of hydrogen-bond acceptors (Lipinski definition) is 4. The summed E-state index contributed by atoms with van der Waals surface area (Å²) in [6, 6.07) is 6.41. The van der Waals surface area contributed by atoms with Gasteiger partial charge in [-0.2, -0.15) is 0 Å². The van der Waals surface area contributed by atoms with Gasteiger partial charge < -0.3 is 15.7 Å². The van der Waals surface area contributed by atoms with Crippen LogP contribution >= 0.6 is 0 Å². The van der Waals surface area contributed by atoms with E-state index in [2.05, 4.69) is 4.98 Å². The summed E-state index contributed by atoms with van der Waals surface area (Å²) in [5.74, 6) is -1.62. The highest BCUT2D eigenvalue weighted by atomic mass is 16.4. The van der Waals surface area contributed by atoms with E-state index in [9.17, 15) is 9.59 Å². The van der Waals surface area contributed by atoms with E-state index in [0.29, 0.717) is 16.6 Å². The Balaban J connectivity index is 2.73. The molecule has 1 aromatic heterocycles. The molecule has 2 aromatic rings. The lowest BCUT2D eigenvalue weighted by molar-refractivity contribution is -0.138. The Kier molecular flexibility index (Phi) is 3.56. The molecule has 0 aliphatic heterocycles. The number of primary amides is 1. The summed E-state index contributed by atoms with van der Waals surface area (Å²) in [7, 11) is 1.62.